The van der Waals surface area contributed by atoms with Crippen LogP contribution < -0.4 is 9.05 Å². The lowest BCUT2D eigenvalue weighted by Crippen LogP contribution is -2.12. The molecule has 53 heavy (non-hydrogen) atoms. The number of phosphoric acid groups is 1. The van der Waals surface area contributed by atoms with Crippen LogP contribution in [0.5, 0.6) is 11.5 Å². The van der Waals surface area contributed by atoms with E-state index in [9.17, 15) is 62.1 Å². The monoisotopic (exact) mass is 780 g/mol. The zero-order valence-corrected chi connectivity index (χ0v) is 27.8. The Morgan fingerprint density at radius 2 is 0.774 bits per heavy atom. The molecule has 0 fully saturated rings. The van der Waals surface area contributed by atoms with Crippen LogP contribution in [-0.2, 0) is 55.0 Å². The number of hydrogen-bond donors (Lipinski definition) is 1. The van der Waals surface area contributed by atoms with Gasteiger partial charge in [0.2, 0.25) is 0 Å². The van der Waals surface area contributed by atoms with Gasteiger partial charge in [-0.15, -0.1) is 0 Å². The quantitative estimate of drug-likeness (QED) is 0.163. The molecule has 4 nitrogen and oxygen atoms in total. The highest BCUT2D eigenvalue weighted by Crippen LogP contribution is 2.62. The molecule has 0 atom stereocenters. The molecule has 4 aromatic carbocycles. The van der Waals surface area contributed by atoms with Crippen molar-refractivity contribution >= 4 is 7.82 Å². The molecule has 17 heteroatoms. The summed E-state index contributed by atoms with van der Waals surface area (Å²) in [5, 5.41) is 0. The van der Waals surface area contributed by atoms with Crippen molar-refractivity contribution in [2.45, 2.75) is 76.1 Å². The average Bonchev–Trinajstić information content (AvgIpc) is 3.18. The van der Waals surface area contributed by atoms with Gasteiger partial charge in [-0.05, 0) is 133 Å². The highest BCUT2D eigenvalue weighted by molar-refractivity contribution is 7.48. The van der Waals surface area contributed by atoms with E-state index in [1.165, 1.54) is 12.1 Å². The maximum absolute atomic E-state index is 14.0. The third kappa shape index (κ3) is 7.00. The molecular formula is C36H25F12O4P. The molecule has 0 spiro atoms. The first-order chi connectivity index (χ1) is 24.5. The largest absolute Gasteiger partial charge is 0.584 e. The summed E-state index contributed by atoms with van der Waals surface area (Å²) in [5.41, 5.74) is -7.14. The Morgan fingerprint density at radius 1 is 0.472 bits per heavy atom. The van der Waals surface area contributed by atoms with Crippen LogP contribution in [0.3, 0.4) is 0 Å². The number of hydrogen-bond acceptors (Lipinski definition) is 3. The SMILES string of the molecule is O=P1(O)Oc2c(-c3cc(C(F)(F)F)cc(C(F)(F)F)c3)cc3c(c2-c2c4c(cc(-c5cc(C(F)(F)F)cc(C(F)(F)F)c5)c2O1)CCCC4)CCCC3. The van der Waals surface area contributed by atoms with E-state index in [2.05, 4.69) is 0 Å². The Labute approximate surface area is 293 Å². The summed E-state index contributed by atoms with van der Waals surface area (Å²) in [5.74, 6) is -1.21. The fourth-order valence-corrected chi connectivity index (χ4v) is 8.27. The van der Waals surface area contributed by atoms with Crippen molar-refractivity contribution in [2.75, 3.05) is 0 Å². The summed E-state index contributed by atoms with van der Waals surface area (Å²) in [6.45, 7) is 0. The summed E-state index contributed by atoms with van der Waals surface area (Å²) in [4.78, 5) is 11.1. The van der Waals surface area contributed by atoms with Crippen LogP contribution >= 0.6 is 7.82 Å². The van der Waals surface area contributed by atoms with E-state index < -0.39 is 88.5 Å². The van der Waals surface area contributed by atoms with E-state index in [0.29, 0.717) is 72.2 Å². The molecule has 0 bridgehead atoms. The van der Waals surface area contributed by atoms with Gasteiger partial charge in [-0.25, -0.2) is 4.57 Å². The Balaban J connectivity index is 1.63. The first-order valence-corrected chi connectivity index (χ1v) is 17.7. The molecule has 0 amide bonds. The lowest BCUT2D eigenvalue weighted by molar-refractivity contribution is -0.144. The third-order valence-electron chi connectivity index (χ3n) is 9.67. The van der Waals surface area contributed by atoms with Gasteiger partial charge in [0, 0.05) is 22.3 Å². The van der Waals surface area contributed by atoms with Crippen LogP contribution in [0.2, 0.25) is 0 Å². The van der Waals surface area contributed by atoms with Gasteiger partial charge >= 0.3 is 32.5 Å². The van der Waals surface area contributed by atoms with Crippen molar-refractivity contribution in [3.05, 3.63) is 93.0 Å². The summed E-state index contributed by atoms with van der Waals surface area (Å²) < 4.78 is 193. The van der Waals surface area contributed by atoms with Crippen LogP contribution in [0.4, 0.5) is 52.7 Å². The van der Waals surface area contributed by atoms with Gasteiger partial charge in [-0.2, -0.15) is 52.7 Å². The second kappa shape index (κ2) is 12.4. The van der Waals surface area contributed by atoms with E-state index in [0.717, 1.165) is 0 Å². The summed E-state index contributed by atoms with van der Waals surface area (Å²) in [6.07, 6.45) is -17.8. The minimum atomic E-state index is -5.53. The number of aryl methyl sites for hydroxylation is 2. The fraction of sp³-hybridized carbons (Fsp3) is 0.333. The van der Waals surface area contributed by atoms with E-state index in [1.807, 2.05) is 0 Å². The lowest BCUT2D eigenvalue weighted by atomic mass is 9.77. The van der Waals surface area contributed by atoms with Gasteiger partial charge < -0.3 is 9.05 Å². The van der Waals surface area contributed by atoms with Crippen molar-refractivity contribution in [1.82, 2.24) is 0 Å². The van der Waals surface area contributed by atoms with E-state index >= 15 is 0 Å². The Morgan fingerprint density at radius 3 is 1.08 bits per heavy atom. The standard InChI is InChI=1S/C36H25F12O4P/c37-33(38,39)21-9-19(10-22(15-21)34(40,41)42)27-13-17-5-1-3-7-25(17)29-30-26-8-4-2-6-18(26)14-28(32(30)52-53(49,50)51-31(27)29)20-11-23(35(43,44)45)16-24(12-20)36(46,47)48/h9-16H,1-8H2,(H,49,50). The van der Waals surface area contributed by atoms with Gasteiger partial charge in [0.05, 0.1) is 22.3 Å². The molecule has 0 unspecified atom stereocenters. The molecule has 0 aromatic heterocycles. The molecule has 0 radical (unpaired) electrons. The van der Waals surface area contributed by atoms with Crippen molar-refractivity contribution in [1.29, 1.82) is 0 Å². The van der Waals surface area contributed by atoms with Crippen molar-refractivity contribution in [3.8, 4) is 44.9 Å². The highest BCUT2D eigenvalue weighted by atomic mass is 31.2. The smallest absolute Gasteiger partial charge is 0.394 e. The number of benzene rings is 4. The second-order valence-electron chi connectivity index (χ2n) is 13.2. The van der Waals surface area contributed by atoms with Crippen molar-refractivity contribution in [3.63, 3.8) is 0 Å². The highest BCUT2D eigenvalue weighted by Gasteiger charge is 2.43. The average molecular weight is 781 g/mol. The predicted molar refractivity (Wildman–Crippen MR) is 167 cm³/mol. The number of phosphoric ester groups is 1. The van der Waals surface area contributed by atoms with E-state index in [-0.39, 0.29) is 48.9 Å². The van der Waals surface area contributed by atoms with Crippen molar-refractivity contribution < 1.29 is 71.2 Å². The molecule has 0 saturated carbocycles. The molecule has 3 aliphatic rings. The van der Waals surface area contributed by atoms with Gasteiger partial charge in [-0.3, -0.25) is 4.89 Å². The molecule has 1 N–H and O–H groups in total. The fourth-order valence-electron chi connectivity index (χ4n) is 7.39. The number of fused-ring (bicyclic) bond motifs is 7. The Kier molecular flexibility index (Phi) is 8.72. The molecule has 0 saturated heterocycles. The number of alkyl halides is 12. The summed E-state index contributed by atoms with van der Waals surface area (Å²) in [6, 6.07) is 4.15. The van der Waals surface area contributed by atoms with Crippen molar-refractivity contribution in [2.24, 2.45) is 0 Å². The van der Waals surface area contributed by atoms with Gasteiger partial charge in [0.25, 0.3) is 0 Å². The topological polar surface area (TPSA) is 55.8 Å². The van der Waals surface area contributed by atoms with Crippen LogP contribution in [0.25, 0.3) is 33.4 Å². The molecule has 1 heterocycles. The third-order valence-corrected chi connectivity index (χ3v) is 10.5. The molecule has 7 rings (SSSR count). The minimum Gasteiger partial charge on any atom is -0.394 e. The molecule has 1 aliphatic heterocycles. The van der Waals surface area contributed by atoms with Gasteiger partial charge in [0.1, 0.15) is 11.5 Å². The molecule has 282 valence electrons. The Hall–Kier alpha value is -4.17. The maximum atomic E-state index is 14.0. The zero-order chi connectivity index (χ0) is 38.5. The number of halogens is 12. The molecular weight excluding hydrogens is 755 g/mol. The summed E-state index contributed by atoms with van der Waals surface area (Å²) in [7, 11) is -5.53. The van der Waals surface area contributed by atoms with Crippen LogP contribution in [-0.4, -0.2) is 4.89 Å². The summed E-state index contributed by atoms with van der Waals surface area (Å²) >= 11 is 0. The molecule has 2 aliphatic carbocycles. The second-order valence-corrected chi connectivity index (χ2v) is 14.5. The van der Waals surface area contributed by atoms with Crippen LogP contribution in [0.15, 0.2) is 48.5 Å². The zero-order valence-electron chi connectivity index (χ0n) is 26.9. The normalized spacial score (nSPS) is 17.1. The maximum Gasteiger partial charge on any atom is 0.584 e. The lowest BCUT2D eigenvalue weighted by Gasteiger charge is -2.28. The Bertz CT molecular complexity index is 1980. The number of rotatable bonds is 2. The van der Waals surface area contributed by atoms with Crippen LogP contribution in [0, 0.1) is 0 Å². The first kappa shape index (κ1) is 37.2. The molecule has 4 aromatic rings. The minimum absolute atomic E-state index is 0.0343. The van der Waals surface area contributed by atoms with Gasteiger partial charge in [0.15, 0.2) is 0 Å². The van der Waals surface area contributed by atoms with E-state index in [1.54, 1.807) is 0 Å². The van der Waals surface area contributed by atoms with Crippen LogP contribution in [0.1, 0.15) is 70.2 Å². The predicted octanol–water partition coefficient (Wildman–Crippen LogP) is 12.4. The van der Waals surface area contributed by atoms with E-state index in [4.69, 9.17) is 9.05 Å². The first-order valence-electron chi connectivity index (χ1n) is 16.2. The van der Waals surface area contributed by atoms with Gasteiger partial charge in [-0.1, -0.05) is 0 Å².